The molecule has 1 aromatic carbocycles. The molecule has 0 bridgehead atoms. The van der Waals surface area contributed by atoms with Crippen LogP contribution in [-0.2, 0) is 9.05 Å². The van der Waals surface area contributed by atoms with Gasteiger partial charge in [-0.05, 0) is 12.1 Å². The summed E-state index contributed by atoms with van der Waals surface area (Å²) in [5.74, 6) is -1.74. The SMILES string of the molecule is O=c1[nH]c2c(F)ccc(S(=O)(=O)Cl)c2o1. The summed E-state index contributed by atoms with van der Waals surface area (Å²) >= 11 is 0. The lowest BCUT2D eigenvalue weighted by atomic mass is 10.3. The molecular formula is C7H3ClFNO4S. The Balaban J connectivity index is 3.02. The molecule has 0 aliphatic heterocycles. The van der Waals surface area contributed by atoms with Gasteiger partial charge in [0, 0.05) is 10.7 Å². The number of benzene rings is 1. The van der Waals surface area contributed by atoms with Gasteiger partial charge in [0.1, 0.15) is 10.4 Å². The molecule has 0 radical (unpaired) electrons. The Morgan fingerprint density at radius 1 is 1.40 bits per heavy atom. The average Bonchev–Trinajstić information content (AvgIpc) is 2.45. The van der Waals surface area contributed by atoms with Gasteiger partial charge in [-0.3, -0.25) is 4.98 Å². The van der Waals surface area contributed by atoms with Crippen LogP contribution in [0.1, 0.15) is 0 Å². The molecule has 15 heavy (non-hydrogen) atoms. The number of oxazole rings is 1. The van der Waals surface area contributed by atoms with Gasteiger partial charge >= 0.3 is 5.76 Å². The largest absolute Gasteiger partial charge is 0.417 e. The maximum atomic E-state index is 13.1. The maximum Gasteiger partial charge on any atom is 0.417 e. The minimum atomic E-state index is -4.08. The topological polar surface area (TPSA) is 80.1 Å². The lowest BCUT2D eigenvalue weighted by Crippen LogP contribution is -1.93. The van der Waals surface area contributed by atoms with Gasteiger partial charge in [0.2, 0.25) is 0 Å². The van der Waals surface area contributed by atoms with Gasteiger partial charge in [0.15, 0.2) is 11.4 Å². The van der Waals surface area contributed by atoms with Gasteiger partial charge in [0.05, 0.1) is 0 Å². The summed E-state index contributed by atoms with van der Waals surface area (Å²) in [6.45, 7) is 0. The zero-order valence-electron chi connectivity index (χ0n) is 6.95. The first-order chi connectivity index (χ1) is 6.89. The van der Waals surface area contributed by atoms with Crippen molar-refractivity contribution in [2.24, 2.45) is 0 Å². The highest BCUT2D eigenvalue weighted by Crippen LogP contribution is 2.25. The van der Waals surface area contributed by atoms with E-state index in [1.165, 1.54) is 0 Å². The summed E-state index contributed by atoms with van der Waals surface area (Å²) in [6, 6.07) is 1.81. The Bertz CT molecular complexity index is 687. The van der Waals surface area contributed by atoms with Crippen molar-refractivity contribution in [3.63, 3.8) is 0 Å². The third-order valence-electron chi connectivity index (χ3n) is 1.76. The highest BCUT2D eigenvalue weighted by molar-refractivity contribution is 8.13. The number of fused-ring (bicyclic) bond motifs is 1. The number of H-pyrrole nitrogens is 1. The van der Waals surface area contributed by atoms with Crippen LogP contribution in [-0.4, -0.2) is 13.4 Å². The smallest absolute Gasteiger partial charge is 0.406 e. The lowest BCUT2D eigenvalue weighted by Gasteiger charge is -1.96. The van der Waals surface area contributed by atoms with E-state index in [-0.39, 0.29) is 5.52 Å². The van der Waals surface area contributed by atoms with Gasteiger partial charge in [-0.2, -0.15) is 0 Å². The Kier molecular flexibility index (Phi) is 2.09. The van der Waals surface area contributed by atoms with Crippen LogP contribution >= 0.6 is 10.7 Å². The molecule has 8 heteroatoms. The minimum absolute atomic E-state index is 0.318. The van der Waals surface area contributed by atoms with Crippen LogP contribution in [0, 0.1) is 5.82 Å². The fourth-order valence-electron chi connectivity index (χ4n) is 1.17. The standard InChI is InChI=1S/C7H3ClFNO4S/c8-15(12,13)4-2-1-3(9)5-6(4)14-7(11)10-5/h1-2H,(H,10,11). The molecule has 1 heterocycles. The Labute approximate surface area is 86.9 Å². The Morgan fingerprint density at radius 2 is 2.07 bits per heavy atom. The molecule has 0 spiro atoms. The summed E-state index contributed by atoms with van der Waals surface area (Å²) in [5.41, 5.74) is -0.725. The molecule has 0 saturated carbocycles. The lowest BCUT2D eigenvalue weighted by molar-refractivity contribution is 0.546. The first-order valence-electron chi connectivity index (χ1n) is 3.65. The van der Waals surface area contributed by atoms with Crippen molar-refractivity contribution in [3.8, 4) is 0 Å². The molecule has 80 valence electrons. The predicted molar refractivity (Wildman–Crippen MR) is 49.8 cm³/mol. The van der Waals surface area contributed by atoms with Crippen molar-refractivity contribution >= 4 is 30.8 Å². The van der Waals surface area contributed by atoms with Crippen LogP contribution in [0.15, 0.2) is 26.2 Å². The van der Waals surface area contributed by atoms with E-state index in [9.17, 15) is 17.6 Å². The fraction of sp³-hybridized carbons (Fsp3) is 0. The van der Waals surface area contributed by atoms with Crippen molar-refractivity contribution in [1.29, 1.82) is 0 Å². The second kappa shape index (κ2) is 3.07. The predicted octanol–water partition coefficient (Wildman–Crippen LogP) is 1.19. The molecule has 0 aliphatic rings. The molecule has 0 amide bonds. The summed E-state index contributed by atoms with van der Waals surface area (Å²) in [5, 5.41) is 0. The molecule has 0 fully saturated rings. The first-order valence-corrected chi connectivity index (χ1v) is 5.96. The number of aromatic amines is 1. The van der Waals surface area contributed by atoms with Gasteiger partial charge < -0.3 is 4.42 Å². The minimum Gasteiger partial charge on any atom is -0.406 e. The van der Waals surface area contributed by atoms with Crippen LogP contribution in [0.25, 0.3) is 11.1 Å². The van der Waals surface area contributed by atoms with E-state index in [0.717, 1.165) is 12.1 Å². The van der Waals surface area contributed by atoms with E-state index in [2.05, 4.69) is 4.42 Å². The molecule has 0 aliphatic carbocycles. The monoisotopic (exact) mass is 251 g/mol. The van der Waals surface area contributed by atoms with Gasteiger partial charge in [-0.25, -0.2) is 17.6 Å². The van der Waals surface area contributed by atoms with E-state index >= 15 is 0 Å². The number of hydrogen-bond donors (Lipinski definition) is 1. The van der Waals surface area contributed by atoms with Crippen LogP contribution < -0.4 is 5.76 Å². The number of halogens is 2. The molecule has 0 saturated heterocycles. The zero-order valence-corrected chi connectivity index (χ0v) is 8.52. The van der Waals surface area contributed by atoms with Gasteiger partial charge in [-0.1, -0.05) is 0 Å². The number of hydrogen-bond acceptors (Lipinski definition) is 4. The average molecular weight is 252 g/mol. The van der Waals surface area contributed by atoms with Crippen LogP contribution in [0.5, 0.6) is 0 Å². The zero-order chi connectivity index (χ0) is 11.2. The molecule has 0 atom stereocenters. The molecule has 5 nitrogen and oxygen atoms in total. The second-order valence-corrected chi connectivity index (χ2v) is 5.24. The summed E-state index contributed by atoms with van der Waals surface area (Å²) in [4.78, 5) is 12.4. The van der Waals surface area contributed by atoms with E-state index in [1.807, 2.05) is 4.98 Å². The maximum absolute atomic E-state index is 13.1. The van der Waals surface area contributed by atoms with Crippen molar-refractivity contribution in [3.05, 3.63) is 28.5 Å². The molecule has 2 rings (SSSR count). The summed E-state index contributed by atoms with van der Waals surface area (Å²) in [6.07, 6.45) is 0. The van der Waals surface area contributed by atoms with Crippen LogP contribution in [0.2, 0.25) is 0 Å². The Morgan fingerprint density at radius 3 is 2.67 bits per heavy atom. The Hall–Kier alpha value is -1.34. The normalized spacial score (nSPS) is 12.1. The van der Waals surface area contributed by atoms with Crippen molar-refractivity contribution in [1.82, 2.24) is 4.98 Å². The first kappa shape index (κ1) is 10.2. The van der Waals surface area contributed by atoms with Crippen molar-refractivity contribution in [2.75, 3.05) is 0 Å². The van der Waals surface area contributed by atoms with E-state index in [0.29, 0.717) is 0 Å². The quantitative estimate of drug-likeness (QED) is 0.772. The highest BCUT2D eigenvalue weighted by Gasteiger charge is 2.20. The van der Waals surface area contributed by atoms with Crippen LogP contribution in [0.4, 0.5) is 4.39 Å². The summed E-state index contributed by atoms with van der Waals surface area (Å²) in [7, 11) is 0.993. The van der Waals surface area contributed by atoms with E-state index < -0.39 is 31.1 Å². The highest BCUT2D eigenvalue weighted by atomic mass is 35.7. The van der Waals surface area contributed by atoms with Crippen molar-refractivity contribution in [2.45, 2.75) is 4.90 Å². The second-order valence-electron chi connectivity index (χ2n) is 2.70. The fourth-order valence-corrected chi connectivity index (χ4v) is 2.13. The molecule has 0 unspecified atom stereocenters. The number of nitrogens with one attached hydrogen (secondary N) is 1. The van der Waals surface area contributed by atoms with Crippen molar-refractivity contribution < 1.29 is 17.2 Å². The molecule has 1 aromatic heterocycles. The number of aromatic nitrogens is 1. The molecule has 1 N–H and O–H groups in total. The molecular weight excluding hydrogens is 249 g/mol. The third kappa shape index (κ3) is 1.64. The van der Waals surface area contributed by atoms with E-state index in [1.54, 1.807) is 0 Å². The summed E-state index contributed by atoms with van der Waals surface area (Å²) < 4.78 is 39.7. The third-order valence-corrected chi connectivity index (χ3v) is 3.10. The molecule has 2 aromatic rings. The van der Waals surface area contributed by atoms with E-state index in [4.69, 9.17) is 10.7 Å². The number of rotatable bonds is 1. The van der Waals surface area contributed by atoms with Gasteiger partial charge in [-0.15, -0.1) is 0 Å². The van der Waals surface area contributed by atoms with Gasteiger partial charge in [0.25, 0.3) is 9.05 Å². The van der Waals surface area contributed by atoms with Crippen LogP contribution in [0.3, 0.4) is 0 Å².